The first-order chi connectivity index (χ1) is 13.8. The Morgan fingerprint density at radius 1 is 0.786 bits per heavy atom. The minimum absolute atomic E-state index is 0.256. The molecule has 0 aliphatic carbocycles. The normalized spacial score (nSPS) is 23.9. The van der Waals surface area contributed by atoms with Gasteiger partial charge in [-0.2, -0.15) is 0 Å². The van der Waals surface area contributed by atoms with E-state index in [0.717, 1.165) is 11.3 Å². The molecule has 3 heterocycles. The Hall–Kier alpha value is -3.51. The number of anilines is 2. The van der Waals surface area contributed by atoms with Gasteiger partial charge in [-0.25, -0.2) is 9.96 Å². The quantitative estimate of drug-likeness (QED) is 0.662. The van der Waals surface area contributed by atoms with E-state index in [-0.39, 0.29) is 11.8 Å². The van der Waals surface area contributed by atoms with E-state index in [1.165, 1.54) is 4.90 Å². The molecule has 2 fully saturated rings. The Kier molecular flexibility index (Phi) is 3.91. The number of carbonyl (C=O) groups is 2. The van der Waals surface area contributed by atoms with Gasteiger partial charge in [-0.05, 0) is 35.9 Å². The molecule has 2 aromatic carbocycles. The molecule has 6 nitrogen and oxygen atoms in total. The van der Waals surface area contributed by atoms with Gasteiger partial charge in [0, 0.05) is 12.4 Å². The van der Waals surface area contributed by atoms with Crippen molar-refractivity contribution < 1.29 is 14.4 Å². The third kappa shape index (κ3) is 2.50. The summed E-state index contributed by atoms with van der Waals surface area (Å²) in [5.74, 6) is -1.24. The smallest absolute Gasteiger partial charge is 0.266 e. The number of pyridine rings is 1. The van der Waals surface area contributed by atoms with Crippen molar-refractivity contribution in [3.05, 3.63) is 90.8 Å². The van der Waals surface area contributed by atoms with E-state index in [1.54, 1.807) is 41.7 Å². The molecule has 6 heteroatoms. The van der Waals surface area contributed by atoms with Gasteiger partial charge >= 0.3 is 0 Å². The summed E-state index contributed by atoms with van der Waals surface area (Å²) in [5, 5.41) is 1.67. The highest BCUT2D eigenvalue weighted by Crippen LogP contribution is 2.47. The molecule has 138 valence electrons. The highest BCUT2D eigenvalue weighted by atomic mass is 16.7. The molecule has 2 amide bonds. The molecule has 0 bridgehead atoms. The number of hydrogen-bond donors (Lipinski definition) is 0. The van der Waals surface area contributed by atoms with Crippen molar-refractivity contribution in [2.45, 2.75) is 12.1 Å². The molecule has 0 radical (unpaired) electrons. The highest BCUT2D eigenvalue weighted by molar-refractivity contribution is 6.23. The molecule has 0 unspecified atom stereocenters. The van der Waals surface area contributed by atoms with E-state index in [4.69, 9.17) is 4.84 Å². The molecule has 0 spiro atoms. The summed E-state index contributed by atoms with van der Waals surface area (Å²) in [6.07, 6.45) is 2.54. The maximum absolute atomic E-state index is 13.3. The van der Waals surface area contributed by atoms with Crippen molar-refractivity contribution in [3.8, 4) is 0 Å². The molecule has 0 saturated carbocycles. The van der Waals surface area contributed by atoms with Crippen LogP contribution in [0.25, 0.3) is 0 Å². The lowest BCUT2D eigenvalue weighted by Gasteiger charge is -2.28. The number of carbonyl (C=O) groups excluding carboxylic acids is 2. The van der Waals surface area contributed by atoms with E-state index < -0.39 is 18.1 Å². The lowest BCUT2D eigenvalue weighted by atomic mass is 9.91. The van der Waals surface area contributed by atoms with E-state index in [2.05, 4.69) is 4.98 Å². The maximum atomic E-state index is 13.3. The summed E-state index contributed by atoms with van der Waals surface area (Å²) in [5.41, 5.74) is 2.18. The van der Waals surface area contributed by atoms with Crippen LogP contribution in [0.4, 0.5) is 11.4 Å². The molecule has 5 rings (SSSR count). The van der Waals surface area contributed by atoms with E-state index >= 15 is 0 Å². The minimum atomic E-state index is -0.863. The number of hydrogen-bond acceptors (Lipinski definition) is 5. The monoisotopic (exact) mass is 371 g/mol. The Morgan fingerprint density at radius 3 is 2.11 bits per heavy atom. The molecule has 1 aromatic heterocycles. The molecule has 2 aliphatic rings. The Bertz CT molecular complexity index is 1010. The van der Waals surface area contributed by atoms with E-state index in [0.29, 0.717) is 5.69 Å². The fourth-order valence-electron chi connectivity index (χ4n) is 3.93. The van der Waals surface area contributed by atoms with Gasteiger partial charge in [-0.3, -0.25) is 19.4 Å². The van der Waals surface area contributed by atoms with Crippen LogP contribution in [0.15, 0.2) is 85.2 Å². The van der Waals surface area contributed by atoms with Gasteiger partial charge < -0.3 is 0 Å². The van der Waals surface area contributed by atoms with Crippen LogP contribution >= 0.6 is 0 Å². The Labute approximate surface area is 161 Å². The van der Waals surface area contributed by atoms with Crippen molar-refractivity contribution in [2.75, 3.05) is 9.96 Å². The van der Waals surface area contributed by atoms with Crippen molar-refractivity contribution in [1.29, 1.82) is 0 Å². The van der Waals surface area contributed by atoms with Crippen molar-refractivity contribution >= 4 is 23.2 Å². The number of imide groups is 1. The van der Waals surface area contributed by atoms with Gasteiger partial charge in [0.15, 0.2) is 6.10 Å². The largest absolute Gasteiger partial charge is 0.273 e. The number of rotatable bonds is 3. The summed E-state index contributed by atoms with van der Waals surface area (Å²) < 4.78 is 0. The van der Waals surface area contributed by atoms with Crippen LogP contribution in [-0.2, 0) is 14.4 Å². The maximum Gasteiger partial charge on any atom is 0.266 e. The number of fused-ring (bicyclic) bond motifs is 1. The standard InChI is InChI=1S/C22H17N3O3/c26-21-18-19(15-8-7-13-23-14-15)25(17-11-5-2-6-12-17)28-20(18)22(27)24(21)16-9-3-1-4-10-16/h1-14,18-20H/t18-,19+,20-/m0/s1. The van der Waals surface area contributed by atoms with Gasteiger partial charge in [0.1, 0.15) is 5.92 Å². The zero-order valence-corrected chi connectivity index (χ0v) is 14.9. The van der Waals surface area contributed by atoms with Crippen molar-refractivity contribution in [2.24, 2.45) is 5.92 Å². The highest BCUT2D eigenvalue weighted by Gasteiger charge is 2.60. The fourth-order valence-corrected chi connectivity index (χ4v) is 3.93. The molecule has 2 saturated heterocycles. The first-order valence-corrected chi connectivity index (χ1v) is 9.09. The average molecular weight is 371 g/mol. The molecule has 2 aliphatic heterocycles. The van der Waals surface area contributed by atoms with Crippen LogP contribution in [0.5, 0.6) is 0 Å². The SMILES string of the molecule is O=C1[C@@H]2[C@H](ON(c3ccccc3)[C@@H]2c2cccnc2)C(=O)N1c1ccccc1. The molecular weight excluding hydrogens is 354 g/mol. The molecule has 3 aromatic rings. The van der Waals surface area contributed by atoms with Gasteiger partial charge in [-0.15, -0.1) is 0 Å². The van der Waals surface area contributed by atoms with Crippen molar-refractivity contribution in [1.82, 2.24) is 4.98 Å². The second-order valence-electron chi connectivity index (χ2n) is 6.79. The summed E-state index contributed by atoms with van der Waals surface area (Å²) in [6.45, 7) is 0. The molecule has 28 heavy (non-hydrogen) atoms. The van der Waals surface area contributed by atoms with Gasteiger partial charge in [-0.1, -0.05) is 42.5 Å². The number of nitrogens with zero attached hydrogens (tertiary/aromatic N) is 3. The minimum Gasteiger partial charge on any atom is -0.273 e. The molecule has 3 atom stereocenters. The number of para-hydroxylation sites is 2. The summed E-state index contributed by atoms with van der Waals surface area (Å²) in [4.78, 5) is 37.9. The zero-order chi connectivity index (χ0) is 19.1. The number of aromatic nitrogens is 1. The first kappa shape index (κ1) is 16.6. The average Bonchev–Trinajstić information content (AvgIpc) is 3.26. The van der Waals surface area contributed by atoms with Gasteiger partial charge in [0.25, 0.3) is 5.91 Å². The summed E-state index contributed by atoms with van der Waals surface area (Å²) in [7, 11) is 0. The Balaban J connectivity index is 1.59. The van der Waals surface area contributed by atoms with Crippen LogP contribution < -0.4 is 9.96 Å². The third-order valence-electron chi connectivity index (χ3n) is 5.17. The number of hydroxylamine groups is 1. The second-order valence-corrected chi connectivity index (χ2v) is 6.79. The van der Waals surface area contributed by atoms with Crippen LogP contribution in [0.1, 0.15) is 11.6 Å². The van der Waals surface area contributed by atoms with Crippen LogP contribution in [-0.4, -0.2) is 22.9 Å². The number of benzene rings is 2. The fraction of sp³-hybridized carbons (Fsp3) is 0.136. The lowest BCUT2D eigenvalue weighted by Crippen LogP contribution is -2.37. The predicted molar refractivity (Wildman–Crippen MR) is 103 cm³/mol. The zero-order valence-electron chi connectivity index (χ0n) is 14.9. The van der Waals surface area contributed by atoms with Gasteiger partial charge in [0.2, 0.25) is 5.91 Å². The van der Waals surface area contributed by atoms with Crippen LogP contribution in [0.3, 0.4) is 0 Å². The van der Waals surface area contributed by atoms with E-state index in [9.17, 15) is 9.59 Å². The summed E-state index contributed by atoms with van der Waals surface area (Å²) in [6, 6.07) is 21.8. The summed E-state index contributed by atoms with van der Waals surface area (Å²) >= 11 is 0. The molecular formula is C22H17N3O3. The third-order valence-corrected chi connectivity index (χ3v) is 5.17. The second kappa shape index (κ2) is 6.58. The predicted octanol–water partition coefficient (Wildman–Crippen LogP) is 3.13. The van der Waals surface area contributed by atoms with Crippen LogP contribution in [0, 0.1) is 5.92 Å². The van der Waals surface area contributed by atoms with E-state index in [1.807, 2.05) is 48.5 Å². The number of amides is 2. The van der Waals surface area contributed by atoms with Crippen molar-refractivity contribution in [3.63, 3.8) is 0 Å². The Morgan fingerprint density at radius 2 is 1.46 bits per heavy atom. The van der Waals surface area contributed by atoms with Crippen LogP contribution in [0.2, 0.25) is 0 Å². The first-order valence-electron chi connectivity index (χ1n) is 9.09. The lowest BCUT2D eigenvalue weighted by molar-refractivity contribution is -0.126. The topological polar surface area (TPSA) is 62.7 Å². The molecule has 0 N–H and O–H groups in total. The van der Waals surface area contributed by atoms with Gasteiger partial charge in [0.05, 0.1) is 17.4 Å².